The van der Waals surface area contributed by atoms with Crippen LogP contribution in [0.5, 0.6) is 0 Å². The lowest BCUT2D eigenvalue weighted by atomic mass is 10.3. The number of nitrogens with one attached hydrogen (secondary N) is 4. The number of thioether (sulfide) groups is 2. The number of hydrogen-bond acceptors (Lipinski definition) is 7. The summed E-state index contributed by atoms with van der Waals surface area (Å²) in [5, 5.41) is 11.2. The van der Waals surface area contributed by atoms with Crippen LogP contribution in [-0.2, 0) is 14.2 Å². The lowest BCUT2D eigenvalue weighted by molar-refractivity contribution is 0.0140. The zero-order valence-electron chi connectivity index (χ0n) is 21.5. The Bertz CT molecular complexity index is 827. The number of rotatable bonds is 18. The summed E-state index contributed by atoms with van der Waals surface area (Å²) in [5.41, 5.74) is 1.53. The van der Waals surface area contributed by atoms with E-state index >= 15 is 0 Å². The monoisotopic (exact) mass is 550 g/mol. The maximum absolute atomic E-state index is 11.9. The predicted octanol–water partition coefficient (Wildman–Crippen LogP) is 4.90. The fourth-order valence-electron chi connectivity index (χ4n) is 2.99. The highest BCUT2D eigenvalue weighted by Gasteiger charge is 2.02. The van der Waals surface area contributed by atoms with E-state index in [9.17, 15) is 9.59 Å². The smallest absolute Gasteiger partial charge is 0.319 e. The SMILES string of the molecule is CSc1ccc(NC(=O)NCCCOCCOCCOCCCNC(=O)Nc2ccc(SC)cc2)cc1. The van der Waals surface area contributed by atoms with Crippen LogP contribution in [0.15, 0.2) is 58.3 Å². The molecule has 2 aromatic carbocycles. The highest BCUT2D eigenvalue weighted by molar-refractivity contribution is 7.98. The fraction of sp³-hybridized carbons (Fsp3) is 0.462. The van der Waals surface area contributed by atoms with Gasteiger partial charge in [-0.25, -0.2) is 9.59 Å². The lowest BCUT2D eigenvalue weighted by Gasteiger charge is -2.09. The highest BCUT2D eigenvalue weighted by atomic mass is 32.2. The Labute approximate surface area is 228 Å². The van der Waals surface area contributed by atoms with Crippen molar-refractivity contribution in [3.05, 3.63) is 48.5 Å². The van der Waals surface area contributed by atoms with Crippen molar-refractivity contribution < 1.29 is 23.8 Å². The van der Waals surface area contributed by atoms with Crippen LogP contribution in [0.4, 0.5) is 21.0 Å². The van der Waals surface area contributed by atoms with Crippen molar-refractivity contribution in [2.24, 2.45) is 0 Å². The highest BCUT2D eigenvalue weighted by Crippen LogP contribution is 2.18. The molecule has 4 N–H and O–H groups in total. The Hall–Kier alpha value is -2.44. The number of carbonyl (C=O) groups is 2. The van der Waals surface area contributed by atoms with Gasteiger partial charge in [0.1, 0.15) is 0 Å². The predicted molar refractivity (Wildman–Crippen MR) is 152 cm³/mol. The minimum Gasteiger partial charge on any atom is -0.379 e. The largest absolute Gasteiger partial charge is 0.379 e. The summed E-state index contributed by atoms with van der Waals surface area (Å²) in [6.07, 6.45) is 5.47. The van der Waals surface area contributed by atoms with Crippen LogP contribution in [0.1, 0.15) is 12.8 Å². The Morgan fingerprint density at radius 1 is 0.595 bits per heavy atom. The third-order valence-corrected chi connectivity index (χ3v) is 6.43. The first-order valence-corrected chi connectivity index (χ1v) is 14.7. The molecule has 0 saturated carbocycles. The molecule has 4 amide bonds. The van der Waals surface area contributed by atoms with Crippen LogP contribution < -0.4 is 21.3 Å². The molecule has 0 unspecified atom stereocenters. The standard InChI is InChI=1S/C26H38N4O5S2/c1-36-23-9-5-21(6-10-23)29-25(31)27-13-3-15-33-17-19-35-20-18-34-16-4-14-28-26(32)30-22-7-11-24(37-2)12-8-22/h5-12H,3-4,13-20H2,1-2H3,(H2,27,29,31)(H2,28,30,32). The third-order valence-electron chi connectivity index (χ3n) is 4.94. The van der Waals surface area contributed by atoms with Crippen LogP contribution in [-0.4, -0.2) is 77.3 Å². The van der Waals surface area contributed by atoms with E-state index in [0.29, 0.717) is 52.7 Å². The van der Waals surface area contributed by atoms with Crippen LogP contribution in [0.2, 0.25) is 0 Å². The van der Waals surface area contributed by atoms with E-state index in [1.807, 2.05) is 61.0 Å². The maximum atomic E-state index is 11.9. The molecule has 0 radical (unpaired) electrons. The molecule has 11 heteroatoms. The fourth-order valence-corrected chi connectivity index (χ4v) is 3.81. The first kappa shape index (κ1) is 30.8. The number of amides is 4. The summed E-state index contributed by atoms with van der Waals surface area (Å²) in [7, 11) is 0. The molecule has 0 aliphatic rings. The molecule has 2 rings (SSSR count). The molecule has 0 fully saturated rings. The van der Waals surface area contributed by atoms with Gasteiger partial charge in [-0.3, -0.25) is 0 Å². The maximum Gasteiger partial charge on any atom is 0.319 e. The second-order valence-electron chi connectivity index (χ2n) is 7.76. The van der Waals surface area contributed by atoms with Crippen molar-refractivity contribution in [1.29, 1.82) is 0 Å². The van der Waals surface area contributed by atoms with E-state index in [4.69, 9.17) is 14.2 Å². The molecular weight excluding hydrogens is 512 g/mol. The summed E-state index contributed by atoms with van der Waals surface area (Å²) < 4.78 is 16.5. The van der Waals surface area contributed by atoms with Crippen LogP contribution in [0.3, 0.4) is 0 Å². The molecule has 0 atom stereocenters. The Morgan fingerprint density at radius 2 is 0.946 bits per heavy atom. The van der Waals surface area contributed by atoms with Crippen molar-refractivity contribution >= 4 is 47.0 Å². The van der Waals surface area contributed by atoms with E-state index in [0.717, 1.165) is 34.0 Å². The summed E-state index contributed by atoms with van der Waals surface area (Å²) in [5.74, 6) is 0. The zero-order chi connectivity index (χ0) is 26.6. The molecule has 2 aromatic rings. The molecular formula is C26H38N4O5S2. The van der Waals surface area contributed by atoms with Gasteiger partial charge in [-0.1, -0.05) is 0 Å². The molecule has 0 aliphatic heterocycles. The number of benzene rings is 2. The molecule has 0 aromatic heterocycles. The Morgan fingerprint density at radius 3 is 1.30 bits per heavy atom. The number of carbonyl (C=O) groups excluding carboxylic acids is 2. The summed E-state index contributed by atoms with van der Waals surface area (Å²) in [6, 6.07) is 14.9. The van der Waals surface area contributed by atoms with Crippen molar-refractivity contribution in [3.63, 3.8) is 0 Å². The van der Waals surface area contributed by atoms with Gasteiger partial charge in [0.05, 0.1) is 26.4 Å². The van der Waals surface area contributed by atoms with Gasteiger partial charge in [0, 0.05) is 47.5 Å². The zero-order valence-corrected chi connectivity index (χ0v) is 23.2. The normalized spacial score (nSPS) is 10.6. The molecule has 204 valence electrons. The van der Waals surface area contributed by atoms with Gasteiger partial charge in [0.15, 0.2) is 0 Å². The first-order valence-electron chi connectivity index (χ1n) is 12.2. The number of hydrogen-bond donors (Lipinski definition) is 4. The first-order chi connectivity index (χ1) is 18.1. The molecule has 0 aliphatic carbocycles. The minimum atomic E-state index is -0.226. The van der Waals surface area contributed by atoms with Crippen molar-refractivity contribution in [2.45, 2.75) is 22.6 Å². The van der Waals surface area contributed by atoms with Crippen LogP contribution in [0, 0.1) is 0 Å². The number of ether oxygens (including phenoxy) is 3. The Balaban J connectivity index is 1.31. The van der Waals surface area contributed by atoms with Crippen LogP contribution in [0.25, 0.3) is 0 Å². The molecule has 0 saturated heterocycles. The summed E-state index contributed by atoms with van der Waals surface area (Å²) in [6.45, 7) is 4.13. The minimum absolute atomic E-state index is 0.226. The van der Waals surface area contributed by atoms with Crippen molar-refractivity contribution in [2.75, 3.05) is 75.9 Å². The molecule has 0 heterocycles. The lowest BCUT2D eigenvalue weighted by Crippen LogP contribution is -2.30. The van der Waals surface area contributed by atoms with Crippen molar-refractivity contribution in [1.82, 2.24) is 10.6 Å². The summed E-state index contributed by atoms with van der Waals surface area (Å²) >= 11 is 3.32. The van der Waals surface area contributed by atoms with E-state index < -0.39 is 0 Å². The average Bonchev–Trinajstić information content (AvgIpc) is 2.91. The van der Waals surface area contributed by atoms with E-state index in [1.165, 1.54) is 0 Å². The van der Waals surface area contributed by atoms with Gasteiger partial charge in [0.2, 0.25) is 0 Å². The van der Waals surface area contributed by atoms with Gasteiger partial charge in [-0.2, -0.15) is 0 Å². The third kappa shape index (κ3) is 14.8. The quantitative estimate of drug-likeness (QED) is 0.154. The van der Waals surface area contributed by atoms with E-state index in [1.54, 1.807) is 23.5 Å². The second-order valence-corrected chi connectivity index (χ2v) is 9.52. The van der Waals surface area contributed by atoms with E-state index in [-0.39, 0.29) is 12.1 Å². The topological polar surface area (TPSA) is 110 Å². The number of urea groups is 2. The number of anilines is 2. The average molecular weight is 551 g/mol. The Kier molecular flexibility index (Phi) is 16.3. The second kappa shape index (κ2) is 19.6. The van der Waals surface area contributed by atoms with Gasteiger partial charge >= 0.3 is 12.1 Å². The molecule has 0 spiro atoms. The molecule has 9 nitrogen and oxygen atoms in total. The van der Waals surface area contributed by atoms with Gasteiger partial charge < -0.3 is 35.5 Å². The van der Waals surface area contributed by atoms with Gasteiger partial charge in [-0.15, -0.1) is 23.5 Å². The summed E-state index contributed by atoms with van der Waals surface area (Å²) in [4.78, 5) is 26.1. The molecule has 37 heavy (non-hydrogen) atoms. The molecule has 0 bridgehead atoms. The van der Waals surface area contributed by atoms with Crippen molar-refractivity contribution in [3.8, 4) is 0 Å². The van der Waals surface area contributed by atoms with Gasteiger partial charge in [-0.05, 0) is 73.9 Å². The van der Waals surface area contributed by atoms with E-state index in [2.05, 4.69) is 21.3 Å². The van der Waals surface area contributed by atoms with Crippen LogP contribution >= 0.6 is 23.5 Å². The van der Waals surface area contributed by atoms with Gasteiger partial charge in [0.25, 0.3) is 0 Å².